The third kappa shape index (κ3) is 6.56. The van der Waals surface area contributed by atoms with E-state index < -0.39 is 27.5 Å². The number of benzene rings is 1. The highest BCUT2D eigenvalue weighted by molar-refractivity contribution is 7.88. The maximum absolute atomic E-state index is 12.5. The van der Waals surface area contributed by atoms with E-state index in [1.54, 1.807) is 0 Å². The third-order valence-corrected chi connectivity index (χ3v) is 3.67. The van der Waals surface area contributed by atoms with Crippen LogP contribution in [0.1, 0.15) is 17.5 Å². The van der Waals surface area contributed by atoms with Gasteiger partial charge in [-0.05, 0) is 24.6 Å². The van der Waals surface area contributed by atoms with Gasteiger partial charge in [-0.3, -0.25) is 0 Å². The molecule has 0 amide bonds. The molecule has 1 aromatic rings. The maximum atomic E-state index is 12.5. The van der Waals surface area contributed by atoms with E-state index in [0.717, 1.165) is 12.1 Å². The molecule has 0 fully saturated rings. The van der Waals surface area contributed by atoms with Crippen molar-refractivity contribution in [2.24, 2.45) is 5.73 Å². The Morgan fingerprint density at radius 1 is 1.25 bits per heavy atom. The maximum Gasteiger partial charge on any atom is 0.416 e. The Labute approximate surface area is 122 Å². The second kappa shape index (κ2) is 7.82. The fourth-order valence-corrected chi connectivity index (χ4v) is 2.61. The number of alkyl halides is 3. The SMILES string of the molecule is Cl.NCCCNS(=O)(=O)Cc1cccc(C(F)(F)F)c1. The molecular formula is C11H16ClF3N2O2S. The Morgan fingerprint density at radius 2 is 1.90 bits per heavy atom. The molecule has 3 N–H and O–H groups in total. The molecule has 4 nitrogen and oxygen atoms in total. The van der Waals surface area contributed by atoms with Crippen molar-refractivity contribution in [3.63, 3.8) is 0 Å². The third-order valence-electron chi connectivity index (χ3n) is 2.31. The summed E-state index contributed by atoms with van der Waals surface area (Å²) in [5.41, 5.74) is 4.45. The molecule has 0 radical (unpaired) electrons. The van der Waals surface area contributed by atoms with Gasteiger partial charge in [0.2, 0.25) is 10.0 Å². The molecule has 0 spiro atoms. The highest BCUT2D eigenvalue weighted by atomic mass is 35.5. The second-order valence-electron chi connectivity index (χ2n) is 3.99. The van der Waals surface area contributed by atoms with Crippen molar-refractivity contribution in [1.29, 1.82) is 0 Å². The zero-order chi connectivity index (χ0) is 14.5. The number of nitrogens with two attached hydrogens (primary N) is 1. The number of nitrogens with one attached hydrogen (secondary N) is 1. The van der Waals surface area contributed by atoms with Gasteiger partial charge in [-0.25, -0.2) is 13.1 Å². The van der Waals surface area contributed by atoms with Crippen molar-refractivity contribution in [3.05, 3.63) is 35.4 Å². The quantitative estimate of drug-likeness (QED) is 0.781. The van der Waals surface area contributed by atoms with E-state index in [9.17, 15) is 21.6 Å². The molecule has 20 heavy (non-hydrogen) atoms. The highest BCUT2D eigenvalue weighted by Crippen LogP contribution is 2.29. The van der Waals surface area contributed by atoms with Crippen LogP contribution in [0.4, 0.5) is 13.2 Å². The molecule has 1 rings (SSSR count). The minimum absolute atomic E-state index is 0. The normalized spacial score (nSPS) is 12.0. The fourth-order valence-electron chi connectivity index (χ4n) is 1.44. The topological polar surface area (TPSA) is 72.2 Å². The zero-order valence-electron chi connectivity index (χ0n) is 10.5. The van der Waals surface area contributed by atoms with Crippen LogP contribution in [0, 0.1) is 0 Å². The van der Waals surface area contributed by atoms with Crippen LogP contribution in [-0.2, 0) is 22.0 Å². The molecule has 0 saturated heterocycles. The molecule has 0 aliphatic rings. The second-order valence-corrected chi connectivity index (χ2v) is 5.80. The Bertz CT molecular complexity index is 521. The van der Waals surface area contributed by atoms with Gasteiger partial charge in [-0.15, -0.1) is 12.4 Å². The van der Waals surface area contributed by atoms with Gasteiger partial charge in [0.05, 0.1) is 11.3 Å². The van der Waals surface area contributed by atoms with Crippen LogP contribution in [0.2, 0.25) is 0 Å². The Morgan fingerprint density at radius 3 is 2.45 bits per heavy atom. The van der Waals surface area contributed by atoms with Gasteiger partial charge in [-0.2, -0.15) is 13.2 Å². The molecule has 0 unspecified atom stereocenters. The number of sulfonamides is 1. The summed E-state index contributed by atoms with van der Waals surface area (Å²) < 4.78 is 62.9. The number of hydrogen-bond acceptors (Lipinski definition) is 3. The fraction of sp³-hybridized carbons (Fsp3) is 0.455. The van der Waals surface area contributed by atoms with E-state index in [-0.39, 0.29) is 24.5 Å². The molecule has 9 heteroatoms. The monoisotopic (exact) mass is 332 g/mol. The van der Waals surface area contributed by atoms with Crippen LogP contribution in [0.15, 0.2) is 24.3 Å². The van der Waals surface area contributed by atoms with Gasteiger partial charge in [0.15, 0.2) is 0 Å². The molecule has 0 bridgehead atoms. The van der Waals surface area contributed by atoms with Crippen LogP contribution in [0.25, 0.3) is 0 Å². The number of halogens is 4. The number of hydrogen-bond donors (Lipinski definition) is 2. The summed E-state index contributed by atoms with van der Waals surface area (Å²) in [6, 6.07) is 4.27. The molecule has 0 atom stereocenters. The first-order valence-electron chi connectivity index (χ1n) is 5.58. The Kier molecular flexibility index (Phi) is 7.50. The largest absolute Gasteiger partial charge is 0.416 e. The predicted molar refractivity (Wildman–Crippen MR) is 73.0 cm³/mol. The van der Waals surface area contributed by atoms with Crippen molar-refractivity contribution in [2.45, 2.75) is 18.3 Å². The summed E-state index contributed by atoms with van der Waals surface area (Å²) in [6.45, 7) is 0.518. The Hall–Kier alpha value is -0.830. The van der Waals surface area contributed by atoms with Gasteiger partial charge in [0.1, 0.15) is 0 Å². The first-order chi connectivity index (χ1) is 8.74. The first-order valence-corrected chi connectivity index (χ1v) is 7.23. The van der Waals surface area contributed by atoms with E-state index in [0.29, 0.717) is 13.0 Å². The molecular weight excluding hydrogens is 317 g/mol. The van der Waals surface area contributed by atoms with Gasteiger partial charge < -0.3 is 5.73 Å². The van der Waals surface area contributed by atoms with Crippen molar-refractivity contribution in [3.8, 4) is 0 Å². The van der Waals surface area contributed by atoms with Gasteiger partial charge in [0, 0.05) is 6.54 Å². The van der Waals surface area contributed by atoms with Gasteiger partial charge in [0.25, 0.3) is 0 Å². The molecule has 116 valence electrons. The van der Waals surface area contributed by atoms with E-state index in [4.69, 9.17) is 5.73 Å². The van der Waals surface area contributed by atoms with Crippen LogP contribution >= 0.6 is 12.4 Å². The molecule has 0 aromatic heterocycles. The highest BCUT2D eigenvalue weighted by Gasteiger charge is 2.30. The standard InChI is InChI=1S/C11H15F3N2O2S.ClH/c12-11(13,14)10-4-1-3-9(7-10)8-19(17,18)16-6-2-5-15;/h1,3-4,7,16H,2,5-6,8,15H2;1H. The summed E-state index contributed by atoms with van der Waals surface area (Å²) >= 11 is 0. The van der Waals surface area contributed by atoms with Crippen molar-refractivity contribution in [1.82, 2.24) is 4.72 Å². The van der Waals surface area contributed by atoms with Crippen LogP contribution < -0.4 is 10.5 Å². The van der Waals surface area contributed by atoms with Gasteiger partial charge in [-0.1, -0.05) is 18.2 Å². The molecule has 1 aromatic carbocycles. The van der Waals surface area contributed by atoms with Crippen molar-refractivity contribution in [2.75, 3.05) is 13.1 Å². The summed E-state index contributed by atoms with van der Waals surface area (Å²) in [7, 11) is -3.64. The van der Waals surface area contributed by atoms with Crippen LogP contribution in [0.3, 0.4) is 0 Å². The lowest BCUT2D eigenvalue weighted by molar-refractivity contribution is -0.137. The van der Waals surface area contributed by atoms with E-state index in [1.165, 1.54) is 12.1 Å². The minimum atomic E-state index is -4.48. The first kappa shape index (κ1) is 19.2. The summed E-state index contributed by atoms with van der Waals surface area (Å²) in [6.07, 6.45) is -4.01. The van der Waals surface area contributed by atoms with E-state index in [1.807, 2.05) is 0 Å². The lowest BCUT2D eigenvalue weighted by Crippen LogP contribution is -2.27. The van der Waals surface area contributed by atoms with E-state index >= 15 is 0 Å². The molecule has 0 aliphatic carbocycles. The lowest BCUT2D eigenvalue weighted by atomic mass is 10.1. The number of rotatable bonds is 6. The summed E-state index contributed by atoms with van der Waals surface area (Å²) in [5.74, 6) is -0.485. The Balaban J connectivity index is 0.00000361. The summed E-state index contributed by atoms with van der Waals surface area (Å²) in [4.78, 5) is 0. The predicted octanol–water partition coefficient (Wildman–Crippen LogP) is 1.90. The lowest BCUT2D eigenvalue weighted by Gasteiger charge is -2.09. The molecule has 0 heterocycles. The van der Waals surface area contributed by atoms with E-state index in [2.05, 4.69) is 4.72 Å². The molecule has 0 saturated carbocycles. The smallest absolute Gasteiger partial charge is 0.330 e. The zero-order valence-corrected chi connectivity index (χ0v) is 12.1. The van der Waals surface area contributed by atoms with Crippen LogP contribution in [-0.4, -0.2) is 21.5 Å². The van der Waals surface area contributed by atoms with Gasteiger partial charge >= 0.3 is 6.18 Å². The van der Waals surface area contributed by atoms with Crippen LogP contribution in [0.5, 0.6) is 0 Å². The van der Waals surface area contributed by atoms with Crippen molar-refractivity contribution >= 4 is 22.4 Å². The van der Waals surface area contributed by atoms with Crippen molar-refractivity contribution < 1.29 is 21.6 Å². The average Bonchev–Trinajstić information content (AvgIpc) is 2.27. The average molecular weight is 333 g/mol. The minimum Gasteiger partial charge on any atom is -0.330 e. The molecule has 0 aliphatic heterocycles. The summed E-state index contributed by atoms with van der Waals surface area (Å²) in [5, 5.41) is 0.